The van der Waals surface area contributed by atoms with Crippen molar-refractivity contribution in [1.82, 2.24) is 10.6 Å². The average Bonchev–Trinajstić information content (AvgIpc) is 2.97. The number of hydrogen-bond donors (Lipinski definition) is 2. The van der Waals surface area contributed by atoms with E-state index in [4.69, 9.17) is 16.3 Å². The lowest BCUT2D eigenvalue weighted by Crippen LogP contribution is -2.43. The van der Waals surface area contributed by atoms with Crippen LogP contribution in [0.15, 0.2) is 54.6 Å². The van der Waals surface area contributed by atoms with Crippen LogP contribution in [0.5, 0.6) is 0 Å². The van der Waals surface area contributed by atoms with Crippen LogP contribution in [0, 0.1) is 0 Å². The monoisotopic (exact) mass is 330 g/mol. The molecule has 118 valence electrons. The molecule has 3 rings (SSSR count). The molecular weight excluding hydrogens is 316 g/mol. The second-order valence-corrected chi connectivity index (χ2v) is 5.64. The van der Waals surface area contributed by atoms with Gasteiger partial charge in [0.25, 0.3) is 0 Å². The Balaban J connectivity index is 1.67. The maximum atomic E-state index is 12.4. The number of rotatable bonds is 4. The molecule has 2 atom stereocenters. The topological polar surface area (TPSA) is 67.4 Å². The standard InChI is InChI=1S/C17H15ClN2O3/c18-13-8-6-11(7-9-13)10-19-16(21)14-15(23-17(22)20-14)12-4-2-1-3-5-12/h1-9,14-15H,10H2,(H,19,21)(H,20,22). The molecule has 6 heteroatoms. The Bertz CT molecular complexity index is 704. The van der Waals surface area contributed by atoms with Crippen molar-refractivity contribution < 1.29 is 14.3 Å². The smallest absolute Gasteiger partial charge is 0.408 e. The molecule has 2 amide bonds. The number of carbonyl (C=O) groups excluding carboxylic acids is 2. The van der Waals surface area contributed by atoms with Crippen LogP contribution < -0.4 is 10.6 Å². The van der Waals surface area contributed by atoms with E-state index >= 15 is 0 Å². The molecule has 1 aliphatic heterocycles. The lowest BCUT2D eigenvalue weighted by atomic mass is 10.0. The molecule has 0 bridgehead atoms. The molecule has 1 fully saturated rings. The van der Waals surface area contributed by atoms with E-state index in [0.29, 0.717) is 11.6 Å². The lowest BCUT2D eigenvalue weighted by molar-refractivity contribution is -0.124. The van der Waals surface area contributed by atoms with E-state index in [0.717, 1.165) is 11.1 Å². The first-order valence-electron chi connectivity index (χ1n) is 7.18. The quantitative estimate of drug-likeness (QED) is 0.905. The average molecular weight is 331 g/mol. The molecule has 1 heterocycles. The van der Waals surface area contributed by atoms with Crippen LogP contribution in [-0.2, 0) is 16.1 Å². The third-order valence-corrected chi connectivity index (χ3v) is 3.85. The van der Waals surface area contributed by atoms with Crippen molar-refractivity contribution in [2.24, 2.45) is 0 Å². The Hall–Kier alpha value is -2.53. The zero-order valence-corrected chi connectivity index (χ0v) is 12.9. The molecule has 1 aliphatic rings. The summed E-state index contributed by atoms with van der Waals surface area (Å²) in [6.45, 7) is 0.351. The van der Waals surface area contributed by atoms with Gasteiger partial charge in [0.1, 0.15) is 0 Å². The van der Waals surface area contributed by atoms with Gasteiger partial charge in [0.15, 0.2) is 12.1 Å². The van der Waals surface area contributed by atoms with E-state index in [1.54, 1.807) is 12.1 Å². The summed E-state index contributed by atoms with van der Waals surface area (Å²) < 4.78 is 5.22. The van der Waals surface area contributed by atoms with E-state index in [1.165, 1.54) is 0 Å². The van der Waals surface area contributed by atoms with E-state index < -0.39 is 18.2 Å². The Morgan fingerprint density at radius 1 is 1.13 bits per heavy atom. The number of nitrogens with one attached hydrogen (secondary N) is 2. The van der Waals surface area contributed by atoms with Gasteiger partial charge in [0.05, 0.1) is 0 Å². The summed E-state index contributed by atoms with van der Waals surface area (Å²) in [6.07, 6.45) is -1.22. The number of benzene rings is 2. The Morgan fingerprint density at radius 2 is 1.83 bits per heavy atom. The minimum Gasteiger partial charge on any atom is -0.439 e. The van der Waals surface area contributed by atoms with Crippen LogP contribution in [0.4, 0.5) is 4.79 Å². The Morgan fingerprint density at radius 3 is 2.52 bits per heavy atom. The van der Waals surface area contributed by atoms with Gasteiger partial charge in [-0.15, -0.1) is 0 Å². The van der Waals surface area contributed by atoms with Crippen molar-refractivity contribution in [3.63, 3.8) is 0 Å². The Kier molecular flexibility index (Phi) is 4.48. The number of cyclic esters (lactones) is 1. The molecule has 2 unspecified atom stereocenters. The van der Waals surface area contributed by atoms with Gasteiger partial charge >= 0.3 is 6.09 Å². The van der Waals surface area contributed by atoms with Crippen molar-refractivity contribution in [2.45, 2.75) is 18.7 Å². The summed E-state index contributed by atoms with van der Waals surface area (Å²) >= 11 is 5.83. The summed E-state index contributed by atoms with van der Waals surface area (Å²) in [5.74, 6) is -0.292. The predicted molar refractivity (Wildman–Crippen MR) is 85.9 cm³/mol. The number of amides is 2. The van der Waals surface area contributed by atoms with Crippen LogP contribution in [0.1, 0.15) is 17.2 Å². The van der Waals surface area contributed by atoms with Crippen molar-refractivity contribution >= 4 is 23.6 Å². The van der Waals surface area contributed by atoms with Gasteiger partial charge in [-0.2, -0.15) is 0 Å². The van der Waals surface area contributed by atoms with E-state index in [1.807, 2.05) is 42.5 Å². The zero-order valence-electron chi connectivity index (χ0n) is 12.2. The van der Waals surface area contributed by atoms with Gasteiger partial charge in [-0.1, -0.05) is 54.1 Å². The molecule has 2 aromatic carbocycles. The third kappa shape index (κ3) is 3.63. The van der Waals surface area contributed by atoms with Gasteiger partial charge in [0, 0.05) is 11.6 Å². The second kappa shape index (κ2) is 6.71. The van der Waals surface area contributed by atoms with Gasteiger partial charge in [-0.3, -0.25) is 4.79 Å². The summed E-state index contributed by atoms with van der Waals surface area (Å²) in [4.78, 5) is 23.9. The largest absolute Gasteiger partial charge is 0.439 e. The Labute approximate surface area is 138 Å². The zero-order chi connectivity index (χ0) is 16.2. The second-order valence-electron chi connectivity index (χ2n) is 5.20. The van der Waals surface area contributed by atoms with Gasteiger partial charge in [0.2, 0.25) is 5.91 Å². The predicted octanol–water partition coefficient (Wildman–Crippen LogP) is 2.81. The maximum Gasteiger partial charge on any atom is 0.408 e. The molecule has 5 nitrogen and oxygen atoms in total. The lowest BCUT2D eigenvalue weighted by Gasteiger charge is -2.17. The molecule has 2 N–H and O–H groups in total. The summed E-state index contributed by atoms with van der Waals surface area (Å²) in [5, 5.41) is 6.00. The number of carbonyl (C=O) groups is 2. The van der Waals surface area contributed by atoms with E-state index in [-0.39, 0.29) is 5.91 Å². The van der Waals surface area contributed by atoms with Crippen LogP contribution in [-0.4, -0.2) is 18.0 Å². The van der Waals surface area contributed by atoms with Crippen molar-refractivity contribution in [3.05, 3.63) is 70.7 Å². The number of ether oxygens (including phenoxy) is 1. The first-order chi connectivity index (χ1) is 11.1. The fraction of sp³-hybridized carbons (Fsp3) is 0.176. The fourth-order valence-corrected chi connectivity index (χ4v) is 2.55. The first-order valence-corrected chi connectivity index (χ1v) is 7.55. The minimum absolute atomic E-state index is 0.292. The van der Waals surface area contributed by atoms with Crippen molar-refractivity contribution in [2.75, 3.05) is 0 Å². The minimum atomic E-state index is -0.753. The van der Waals surface area contributed by atoms with Gasteiger partial charge in [-0.25, -0.2) is 4.79 Å². The molecule has 0 radical (unpaired) electrons. The molecule has 2 aromatic rings. The van der Waals surface area contributed by atoms with E-state index in [9.17, 15) is 9.59 Å². The molecular formula is C17H15ClN2O3. The summed E-state index contributed by atoms with van der Waals surface area (Å²) in [6, 6.07) is 15.6. The SMILES string of the molecule is O=C1NC(C(=O)NCc2ccc(Cl)cc2)C(c2ccccc2)O1. The normalized spacial score (nSPS) is 19.8. The van der Waals surface area contributed by atoms with Gasteiger partial charge < -0.3 is 15.4 Å². The summed E-state index contributed by atoms with van der Waals surface area (Å²) in [5.41, 5.74) is 1.70. The van der Waals surface area contributed by atoms with E-state index in [2.05, 4.69) is 10.6 Å². The number of alkyl carbamates (subject to hydrolysis) is 1. The molecule has 23 heavy (non-hydrogen) atoms. The fourth-order valence-electron chi connectivity index (χ4n) is 2.43. The van der Waals surface area contributed by atoms with Crippen LogP contribution in [0.2, 0.25) is 5.02 Å². The number of hydrogen-bond acceptors (Lipinski definition) is 3. The van der Waals surface area contributed by atoms with Crippen molar-refractivity contribution in [1.29, 1.82) is 0 Å². The van der Waals surface area contributed by atoms with Crippen LogP contribution in [0.3, 0.4) is 0 Å². The van der Waals surface area contributed by atoms with Crippen molar-refractivity contribution in [3.8, 4) is 0 Å². The molecule has 0 aromatic heterocycles. The van der Waals surface area contributed by atoms with Crippen LogP contribution in [0.25, 0.3) is 0 Å². The third-order valence-electron chi connectivity index (χ3n) is 3.60. The first kappa shape index (κ1) is 15.4. The molecule has 0 spiro atoms. The maximum absolute atomic E-state index is 12.4. The highest BCUT2D eigenvalue weighted by Gasteiger charge is 2.39. The highest BCUT2D eigenvalue weighted by atomic mass is 35.5. The number of halogens is 1. The highest BCUT2D eigenvalue weighted by Crippen LogP contribution is 2.26. The van der Waals surface area contributed by atoms with Gasteiger partial charge in [-0.05, 0) is 23.3 Å². The molecule has 1 saturated heterocycles. The summed E-state index contributed by atoms with van der Waals surface area (Å²) in [7, 11) is 0. The molecule has 0 saturated carbocycles. The van der Waals surface area contributed by atoms with Crippen LogP contribution >= 0.6 is 11.6 Å². The molecule has 0 aliphatic carbocycles. The highest BCUT2D eigenvalue weighted by molar-refractivity contribution is 6.30.